The van der Waals surface area contributed by atoms with Gasteiger partial charge >= 0.3 is 5.97 Å². The van der Waals surface area contributed by atoms with Crippen molar-refractivity contribution in [2.24, 2.45) is 10.9 Å². The second kappa shape index (κ2) is 7.81. The SMILES string of the molecule is Cc1nn(CCC(=O)O/N=C(\N)c2ccc(Cl)cc2Cl)cc1Br. The maximum absolute atomic E-state index is 11.7. The van der Waals surface area contributed by atoms with Crippen molar-refractivity contribution in [2.75, 3.05) is 0 Å². The molecule has 0 atom stereocenters. The van der Waals surface area contributed by atoms with Crippen LogP contribution in [-0.4, -0.2) is 21.6 Å². The van der Waals surface area contributed by atoms with Gasteiger partial charge in [-0.15, -0.1) is 0 Å². The number of carbonyl (C=O) groups excluding carboxylic acids is 1. The maximum Gasteiger partial charge on any atom is 0.336 e. The third-order valence-corrected chi connectivity index (χ3v) is 4.21. The lowest BCUT2D eigenvalue weighted by molar-refractivity contribution is -0.143. The van der Waals surface area contributed by atoms with E-state index in [9.17, 15) is 4.79 Å². The van der Waals surface area contributed by atoms with Crippen LogP contribution in [0.15, 0.2) is 34.0 Å². The molecule has 1 aromatic carbocycles. The molecule has 9 heteroatoms. The molecule has 0 spiro atoms. The molecule has 0 aliphatic rings. The molecule has 2 N–H and O–H groups in total. The fraction of sp³-hybridized carbons (Fsp3) is 0.214. The van der Waals surface area contributed by atoms with Gasteiger partial charge in [0.1, 0.15) is 0 Å². The fourth-order valence-corrected chi connectivity index (χ4v) is 2.53. The monoisotopic (exact) mass is 418 g/mol. The zero-order chi connectivity index (χ0) is 17.0. The van der Waals surface area contributed by atoms with Crippen molar-refractivity contribution < 1.29 is 9.63 Å². The minimum Gasteiger partial charge on any atom is -0.380 e. The van der Waals surface area contributed by atoms with E-state index in [1.165, 1.54) is 6.07 Å². The first-order chi connectivity index (χ1) is 10.9. The van der Waals surface area contributed by atoms with Crippen LogP contribution < -0.4 is 5.73 Å². The molecular weight excluding hydrogens is 407 g/mol. The number of benzene rings is 1. The molecule has 0 radical (unpaired) electrons. The standard InChI is InChI=1S/C14H13BrCl2N4O2/c1-8-11(15)7-21(19-8)5-4-13(22)23-20-14(18)10-3-2-9(16)6-12(10)17/h2-3,6-7H,4-5H2,1H3,(H2,18,20). The number of hydrogen-bond acceptors (Lipinski definition) is 4. The minimum atomic E-state index is -0.526. The molecule has 6 nitrogen and oxygen atoms in total. The summed E-state index contributed by atoms with van der Waals surface area (Å²) in [6.07, 6.45) is 1.90. The normalized spacial score (nSPS) is 11.6. The Bertz CT molecular complexity index is 742. The molecule has 0 aliphatic heterocycles. The lowest BCUT2D eigenvalue weighted by Gasteiger charge is -2.04. The molecule has 0 amide bonds. The summed E-state index contributed by atoms with van der Waals surface area (Å²) in [6.45, 7) is 2.24. The summed E-state index contributed by atoms with van der Waals surface area (Å²) in [6, 6.07) is 4.74. The largest absolute Gasteiger partial charge is 0.380 e. The Labute approximate surface area is 151 Å². The Morgan fingerprint density at radius 2 is 2.22 bits per heavy atom. The second-order valence-corrected chi connectivity index (χ2v) is 6.34. The molecule has 0 saturated carbocycles. The summed E-state index contributed by atoms with van der Waals surface area (Å²) in [5.74, 6) is -0.528. The first-order valence-corrected chi connectivity index (χ1v) is 8.10. The third-order valence-electron chi connectivity index (χ3n) is 2.88. The quantitative estimate of drug-likeness (QED) is 0.348. The minimum absolute atomic E-state index is 0.00213. The summed E-state index contributed by atoms with van der Waals surface area (Å²) >= 11 is 15.1. The molecule has 122 valence electrons. The van der Waals surface area contributed by atoms with Gasteiger partial charge in [0.05, 0.1) is 28.2 Å². The van der Waals surface area contributed by atoms with E-state index in [1.54, 1.807) is 23.0 Å². The van der Waals surface area contributed by atoms with Gasteiger partial charge in [-0.1, -0.05) is 28.4 Å². The molecule has 0 bridgehead atoms. The van der Waals surface area contributed by atoms with Gasteiger partial charge in [-0.2, -0.15) is 5.10 Å². The number of carbonyl (C=O) groups is 1. The van der Waals surface area contributed by atoms with Crippen molar-refractivity contribution in [2.45, 2.75) is 19.9 Å². The van der Waals surface area contributed by atoms with E-state index in [0.29, 0.717) is 22.2 Å². The molecule has 0 unspecified atom stereocenters. The van der Waals surface area contributed by atoms with Crippen LogP contribution in [0.2, 0.25) is 10.0 Å². The molecule has 0 fully saturated rings. The van der Waals surface area contributed by atoms with Gasteiger partial charge in [-0.3, -0.25) is 4.68 Å². The predicted octanol–water partition coefficient (Wildman–Crippen LogP) is 3.51. The Morgan fingerprint density at radius 3 is 2.83 bits per heavy atom. The van der Waals surface area contributed by atoms with Crippen LogP contribution in [0, 0.1) is 6.92 Å². The van der Waals surface area contributed by atoms with Crippen molar-refractivity contribution in [3.63, 3.8) is 0 Å². The third kappa shape index (κ3) is 4.95. The highest BCUT2D eigenvalue weighted by Crippen LogP contribution is 2.20. The second-order valence-electron chi connectivity index (χ2n) is 4.64. The van der Waals surface area contributed by atoms with Crippen LogP contribution in [0.1, 0.15) is 17.7 Å². The van der Waals surface area contributed by atoms with Crippen molar-refractivity contribution >= 4 is 50.9 Å². The van der Waals surface area contributed by atoms with E-state index in [2.05, 4.69) is 26.2 Å². The van der Waals surface area contributed by atoms with E-state index < -0.39 is 5.97 Å². The molecule has 2 aromatic rings. The molecule has 2 rings (SSSR count). The zero-order valence-electron chi connectivity index (χ0n) is 12.1. The van der Waals surface area contributed by atoms with Gasteiger partial charge in [0.15, 0.2) is 5.84 Å². The van der Waals surface area contributed by atoms with Crippen LogP contribution in [0.4, 0.5) is 0 Å². The van der Waals surface area contributed by atoms with E-state index in [1.807, 2.05) is 6.92 Å². The number of oxime groups is 1. The molecule has 1 aromatic heterocycles. The number of nitrogens with two attached hydrogens (primary N) is 1. The van der Waals surface area contributed by atoms with Gasteiger partial charge in [0, 0.05) is 16.8 Å². The first kappa shape index (κ1) is 17.8. The molecule has 0 saturated heterocycles. The summed E-state index contributed by atoms with van der Waals surface area (Å²) in [7, 11) is 0. The predicted molar refractivity (Wildman–Crippen MR) is 92.6 cm³/mol. The van der Waals surface area contributed by atoms with Crippen LogP contribution in [0.5, 0.6) is 0 Å². The van der Waals surface area contributed by atoms with Gasteiger partial charge in [-0.25, -0.2) is 4.79 Å². The number of halogens is 3. The summed E-state index contributed by atoms with van der Waals surface area (Å²) in [4.78, 5) is 16.5. The van der Waals surface area contributed by atoms with Gasteiger partial charge in [0.2, 0.25) is 0 Å². The molecule has 1 heterocycles. The molecule has 0 aliphatic carbocycles. The van der Waals surface area contributed by atoms with E-state index in [4.69, 9.17) is 33.8 Å². The summed E-state index contributed by atoms with van der Waals surface area (Å²) in [5, 5.41) is 8.62. The van der Waals surface area contributed by atoms with Crippen LogP contribution in [0.25, 0.3) is 0 Å². The van der Waals surface area contributed by atoms with E-state index in [-0.39, 0.29) is 12.3 Å². The highest BCUT2D eigenvalue weighted by molar-refractivity contribution is 9.10. The Hall–Kier alpha value is -1.57. The fourth-order valence-electron chi connectivity index (χ4n) is 1.71. The number of amidine groups is 1. The molecular formula is C14H13BrCl2N4O2. The number of aromatic nitrogens is 2. The first-order valence-electron chi connectivity index (χ1n) is 6.55. The van der Waals surface area contributed by atoms with Crippen molar-refractivity contribution in [3.8, 4) is 0 Å². The van der Waals surface area contributed by atoms with Crippen LogP contribution >= 0.6 is 39.1 Å². The Balaban J connectivity index is 1.92. The Morgan fingerprint density at radius 1 is 1.48 bits per heavy atom. The van der Waals surface area contributed by atoms with E-state index in [0.717, 1.165) is 10.2 Å². The smallest absolute Gasteiger partial charge is 0.336 e. The van der Waals surface area contributed by atoms with Gasteiger partial charge in [-0.05, 0) is 41.1 Å². The van der Waals surface area contributed by atoms with Gasteiger partial charge in [0.25, 0.3) is 0 Å². The maximum atomic E-state index is 11.7. The van der Waals surface area contributed by atoms with Crippen LogP contribution in [-0.2, 0) is 16.2 Å². The van der Waals surface area contributed by atoms with Crippen LogP contribution in [0.3, 0.4) is 0 Å². The average molecular weight is 420 g/mol. The number of nitrogens with zero attached hydrogens (tertiary/aromatic N) is 3. The summed E-state index contributed by atoms with van der Waals surface area (Å²) < 4.78 is 2.52. The van der Waals surface area contributed by atoms with Crippen molar-refractivity contribution in [1.29, 1.82) is 0 Å². The van der Waals surface area contributed by atoms with E-state index >= 15 is 0 Å². The Kier molecular flexibility index (Phi) is 6.04. The number of hydrogen-bond donors (Lipinski definition) is 1. The lowest BCUT2D eigenvalue weighted by atomic mass is 10.2. The number of aryl methyl sites for hydroxylation is 2. The zero-order valence-corrected chi connectivity index (χ0v) is 15.2. The average Bonchev–Trinajstić information content (AvgIpc) is 2.81. The summed E-state index contributed by atoms with van der Waals surface area (Å²) in [5.41, 5.74) is 7.03. The molecule has 23 heavy (non-hydrogen) atoms. The highest BCUT2D eigenvalue weighted by Gasteiger charge is 2.09. The topological polar surface area (TPSA) is 82.5 Å². The highest BCUT2D eigenvalue weighted by atomic mass is 79.9. The lowest BCUT2D eigenvalue weighted by Crippen LogP contribution is -2.16. The van der Waals surface area contributed by atoms with Crippen molar-refractivity contribution in [3.05, 3.63) is 50.2 Å². The van der Waals surface area contributed by atoms with Gasteiger partial charge < -0.3 is 10.6 Å². The van der Waals surface area contributed by atoms with Crippen molar-refractivity contribution in [1.82, 2.24) is 9.78 Å². The number of rotatable bonds is 5.